The van der Waals surface area contributed by atoms with Crippen molar-refractivity contribution in [2.45, 2.75) is 32.7 Å². The van der Waals surface area contributed by atoms with Crippen molar-refractivity contribution in [3.8, 4) is 0 Å². The Balaban J connectivity index is -0.0000000866. The number of aromatic nitrogens is 2. The molecule has 2 nitrogen and oxygen atoms in total. The van der Waals surface area contributed by atoms with Gasteiger partial charge >= 0.3 is 43.5 Å². The van der Waals surface area contributed by atoms with Crippen molar-refractivity contribution in [3.63, 3.8) is 0 Å². The first kappa shape index (κ1) is 50.7. The van der Waals surface area contributed by atoms with Gasteiger partial charge in [0.25, 0.3) is 0 Å². The number of nitrogens with zero attached hydrogens (tertiary/aromatic N) is 1. The molecule has 0 radical (unpaired) electrons. The van der Waals surface area contributed by atoms with Crippen LogP contribution < -0.4 is 4.57 Å². The van der Waals surface area contributed by atoms with E-state index >= 15 is 0 Å². The molecule has 1 aromatic heterocycles. The van der Waals surface area contributed by atoms with Crippen molar-refractivity contribution in [1.29, 1.82) is 0 Å². The van der Waals surface area contributed by atoms with Crippen molar-refractivity contribution >= 4 is 43.5 Å². The Labute approximate surface area is 209 Å². The lowest BCUT2D eigenvalue weighted by Gasteiger charge is -2.03. The van der Waals surface area contributed by atoms with Crippen LogP contribution in [-0.2, 0) is 0 Å². The number of rotatable bonds is 3. The summed E-state index contributed by atoms with van der Waals surface area (Å²) >= 11 is 0. The molecule has 32 heteroatoms. The van der Waals surface area contributed by atoms with Gasteiger partial charge in [-0.25, -0.2) is 4.57 Å². The maximum atomic E-state index is 9.75. The van der Waals surface area contributed by atoms with Gasteiger partial charge in [0.2, 0.25) is 6.33 Å². The van der Waals surface area contributed by atoms with Gasteiger partial charge in [-0.2, -0.15) is 0 Å². The Hall–Kier alpha value is -2.08. The second-order valence-electron chi connectivity index (χ2n) is 5.67. The third-order valence-electron chi connectivity index (χ3n) is 1.78. The van der Waals surface area contributed by atoms with Gasteiger partial charge in [-0.05, 0) is 13.3 Å². The molecule has 0 bridgehead atoms. The lowest BCUT2D eigenvalue weighted by molar-refractivity contribution is -0.719. The minimum atomic E-state index is -6.00. The summed E-state index contributed by atoms with van der Waals surface area (Å²) in [6.07, 6.45) is 8.52. The SMILES string of the molecule is CCCC(C)[n+]1cc[nH]c1.F[B-](F)(F)F.F[B-](F)(F)F.F[B-](F)(F)F.F[B-](F)(F)F.F[B-](F)(F)F.F[B-](F)(F)F. The minimum absolute atomic E-state index is 0.635. The fourth-order valence-corrected chi connectivity index (χ4v) is 1.14. The third kappa shape index (κ3) is 308. The standard InChI is InChI=1S/C8H14N2.6BF4/c1-3-4-8(2)10-6-5-9-7-10;6*2-1(3,4)5/h5-8H,3-4H2,1-2H3;;;;;;/q;6*-1/p+1. The highest BCUT2D eigenvalue weighted by Crippen LogP contribution is 2.09. The summed E-state index contributed by atoms with van der Waals surface area (Å²) in [6.45, 7) is 4.45. The van der Waals surface area contributed by atoms with Gasteiger partial charge in [-0.1, -0.05) is 13.3 Å². The highest BCUT2D eigenvalue weighted by atomic mass is 19.5. The molecule has 0 aromatic carbocycles. The van der Waals surface area contributed by atoms with Crippen LogP contribution in [-0.4, -0.2) is 48.5 Å². The first-order chi connectivity index (χ1) is 16.8. The number of hydrogen-bond donors (Lipinski definition) is 1. The maximum absolute atomic E-state index is 9.75. The van der Waals surface area contributed by atoms with E-state index in [9.17, 15) is 104 Å². The molecule has 1 N–H and O–H groups in total. The Morgan fingerprint density at radius 1 is 0.500 bits per heavy atom. The summed E-state index contributed by atoms with van der Waals surface area (Å²) in [5.41, 5.74) is 0. The fraction of sp³-hybridized carbons (Fsp3) is 0.625. The predicted octanol–water partition coefficient (Wildman–Crippen LogP) is 9.46. The molecule has 0 fully saturated rings. The summed E-state index contributed by atoms with van der Waals surface area (Å²) < 4.78 is 236. The first-order valence-corrected chi connectivity index (χ1v) is 9.12. The van der Waals surface area contributed by atoms with Gasteiger partial charge in [-0.3, -0.25) is 4.98 Å². The van der Waals surface area contributed by atoms with E-state index in [1.54, 1.807) is 0 Å². The van der Waals surface area contributed by atoms with Gasteiger partial charge in [0, 0.05) is 0 Å². The Morgan fingerprint density at radius 3 is 0.825 bits per heavy atom. The second-order valence-corrected chi connectivity index (χ2v) is 5.67. The molecular weight excluding hydrogens is 645 g/mol. The molecule has 1 rings (SSSR count). The molecule has 0 spiro atoms. The Morgan fingerprint density at radius 2 is 0.700 bits per heavy atom. The van der Waals surface area contributed by atoms with Crippen LogP contribution in [0.5, 0.6) is 0 Å². The van der Waals surface area contributed by atoms with E-state index in [1.807, 2.05) is 12.5 Å². The summed E-state index contributed by atoms with van der Waals surface area (Å²) in [5, 5.41) is 0. The van der Waals surface area contributed by atoms with Crippen LogP contribution >= 0.6 is 0 Å². The number of H-pyrrole nitrogens is 1. The van der Waals surface area contributed by atoms with Crippen LogP contribution in [0.1, 0.15) is 32.7 Å². The van der Waals surface area contributed by atoms with Crippen LogP contribution in [0.4, 0.5) is 104 Å². The molecule has 0 saturated heterocycles. The largest absolute Gasteiger partial charge is 0.673 e. The fourth-order valence-electron chi connectivity index (χ4n) is 1.14. The van der Waals surface area contributed by atoms with Crippen LogP contribution in [0.2, 0.25) is 0 Å². The number of hydrogen-bond acceptors (Lipinski definition) is 0. The molecule has 248 valence electrons. The van der Waals surface area contributed by atoms with E-state index < -0.39 is 43.5 Å². The average Bonchev–Trinajstić information content (AvgIpc) is 2.99. The molecule has 40 heavy (non-hydrogen) atoms. The summed E-state index contributed by atoms with van der Waals surface area (Å²) in [4.78, 5) is 3.03. The van der Waals surface area contributed by atoms with Gasteiger partial charge in [0.15, 0.2) is 0 Å². The monoisotopic (exact) mass is 661 g/mol. The van der Waals surface area contributed by atoms with E-state index in [2.05, 4.69) is 29.6 Å². The van der Waals surface area contributed by atoms with Crippen LogP contribution in [0.3, 0.4) is 0 Å². The summed E-state index contributed by atoms with van der Waals surface area (Å²) in [5.74, 6) is 0. The van der Waals surface area contributed by atoms with Crippen molar-refractivity contribution < 1.29 is 108 Å². The van der Waals surface area contributed by atoms with Gasteiger partial charge < -0.3 is 104 Å². The summed E-state index contributed by atoms with van der Waals surface area (Å²) in [7, 11) is -36.0. The quantitative estimate of drug-likeness (QED) is 0.190. The maximum Gasteiger partial charge on any atom is 0.673 e. The van der Waals surface area contributed by atoms with Crippen molar-refractivity contribution in [2.75, 3.05) is 0 Å². The Kier molecular flexibility index (Phi) is 28.7. The van der Waals surface area contributed by atoms with Gasteiger partial charge in [-0.15, -0.1) is 0 Å². The predicted molar refractivity (Wildman–Crippen MR) is 102 cm³/mol. The molecule has 1 unspecified atom stereocenters. The van der Waals surface area contributed by atoms with E-state index in [1.165, 1.54) is 12.8 Å². The summed E-state index contributed by atoms with van der Waals surface area (Å²) in [6, 6.07) is 0.635. The highest BCUT2D eigenvalue weighted by molar-refractivity contribution is 6.51. The molecule has 0 amide bonds. The molecular formula is C8H15B6F24N2-5. The highest BCUT2D eigenvalue weighted by Gasteiger charge is 2.22. The van der Waals surface area contributed by atoms with Crippen LogP contribution in [0, 0.1) is 0 Å². The van der Waals surface area contributed by atoms with Gasteiger partial charge in [0.1, 0.15) is 12.4 Å². The number of imidazole rings is 1. The zero-order valence-electron chi connectivity index (χ0n) is 19.2. The van der Waals surface area contributed by atoms with E-state index in [0.717, 1.165) is 0 Å². The molecule has 0 aliphatic rings. The Bertz CT molecular complexity index is 516. The second kappa shape index (κ2) is 22.6. The number of aromatic amines is 1. The van der Waals surface area contributed by atoms with Crippen LogP contribution in [0.15, 0.2) is 18.7 Å². The van der Waals surface area contributed by atoms with Crippen molar-refractivity contribution in [3.05, 3.63) is 18.7 Å². The number of halogens is 24. The van der Waals surface area contributed by atoms with Crippen LogP contribution in [0.25, 0.3) is 0 Å². The lowest BCUT2D eigenvalue weighted by Crippen LogP contribution is -2.34. The molecule has 0 saturated carbocycles. The van der Waals surface area contributed by atoms with E-state index in [-0.39, 0.29) is 0 Å². The third-order valence-corrected chi connectivity index (χ3v) is 1.78. The van der Waals surface area contributed by atoms with Crippen molar-refractivity contribution in [2.24, 2.45) is 0 Å². The molecule has 0 aliphatic carbocycles. The van der Waals surface area contributed by atoms with Gasteiger partial charge in [0.05, 0.1) is 6.04 Å². The molecule has 0 aliphatic heterocycles. The molecule has 1 aromatic rings. The topological polar surface area (TPSA) is 19.7 Å². The average molecular weight is 660 g/mol. The van der Waals surface area contributed by atoms with E-state index in [0.29, 0.717) is 6.04 Å². The normalized spacial score (nSPS) is 12.3. The zero-order valence-corrected chi connectivity index (χ0v) is 19.2. The lowest BCUT2D eigenvalue weighted by atomic mass is 10.2. The smallest absolute Gasteiger partial charge is 0.418 e. The minimum Gasteiger partial charge on any atom is -0.418 e. The van der Waals surface area contributed by atoms with Crippen molar-refractivity contribution in [1.82, 2.24) is 4.98 Å². The molecule has 1 heterocycles. The number of nitrogens with one attached hydrogen (secondary N) is 1. The first-order valence-electron chi connectivity index (χ1n) is 9.12. The zero-order chi connectivity index (χ0) is 34.4. The van der Waals surface area contributed by atoms with E-state index in [4.69, 9.17) is 0 Å². The molecule has 1 atom stereocenters.